The Morgan fingerprint density at radius 2 is 0.750 bits per heavy atom. The standard InChI is InChI=1S/C44H62O8/c1-41(2,3)31-43(7,8)33-15-17-37-39(29-33)51-23-21-45-19-20-46-22-24-52-40-30-34(44(9,10)32-42(4,5)6)16-18-38(40)50-28-26-48-36-14-12-11-13-35(36)47-25-27-49-37/h11-18,25,27,29-30H,19-24,26,28,31-32H2,1-10H3/b27-25-. The molecule has 0 aromatic heterocycles. The molecule has 4 rings (SSSR count). The molecule has 0 fully saturated rings. The van der Waals surface area contributed by atoms with E-state index >= 15 is 0 Å². The maximum absolute atomic E-state index is 6.25. The van der Waals surface area contributed by atoms with Crippen molar-refractivity contribution in [3.63, 3.8) is 0 Å². The van der Waals surface area contributed by atoms with Crippen LogP contribution >= 0.6 is 0 Å². The minimum atomic E-state index is -0.0617. The summed E-state index contributed by atoms with van der Waals surface area (Å²) in [6.07, 6.45) is 5.03. The SMILES string of the molecule is CC(C)(C)CC(C)(C)c1ccc2c(c1)OCCOCCOCCOc1cc(C(C)(C)CC(C)(C)C)ccc1OCCOc1ccccc1O/C=C\O2. The van der Waals surface area contributed by atoms with E-state index in [2.05, 4.69) is 93.5 Å². The molecule has 8 heteroatoms. The van der Waals surface area contributed by atoms with Gasteiger partial charge in [0.05, 0.1) is 26.4 Å². The van der Waals surface area contributed by atoms with Gasteiger partial charge in [-0.2, -0.15) is 0 Å². The van der Waals surface area contributed by atoms with Crippen LogP contribution in [0, 0.1) is 10.8 Å². The van der Waals surface area contributed by atoms with Crippen molar-refractivity contribution in [2.24, 2.45) is 10.8 Å². The normalized spacial score (nSPS) is 16.7. The van der Waals surface area contributed by atoms with Crippen molar-refractivity contribution in [2.45, 2.75) is 92.9 Å². The van der Waals surface area contributed by atoms with Gasteiger partial charge in [0.1, 0.15) is 39.0 Å². The Balaban J connectivity index is 1.50. The van der Waals surface area contributed by atoms with Crippen molar-refractivity contribution < 1.29 is 37.9 Å². The molecule has 1 aliphatic rings. The van der Waals surface area contributed by atoms with Crippen LogP contribution in [0.15, 0.2) is 73.2 Å². The molecule has 0 unspecified atom stereocenters. The predicted molar refractivity (Wildman–Crippen MR) is 208 cm³/mol. The van der Waals surface area contributed by atoms with Crippen molar-refractivity contribution in [3.05, 3.63) is 84.3 Å². The van der Waals surface area contributed by atoms with E-state index in [0.717, 1.165) is 12.8 Å². The molecule has 0 aliphatic carbocycles. The fourth-order valence-corrected chi connectivity index (χ4v) is 7.07. The van der Waals surface area contributed by atoms with Crippen LogP contribution in [0.3, 0.4) is 0 Å². The summed E-state index contributed by atoms with van der Waals surface area (Å²) in [7, 11) is 0. The summed E-state index contributed by atoms with van der Waals surface area (Å²) >= 11 is 0. The zero-order valence-electron chi connectivity index (χ0n) is 33.3. The monoisotopic (exact) mass is 718 g/mol. The number of hydrogen-bond donors (Lipinski definition) is 0. The quantitative estimate of drug-likeness (QED) is 0.264. The third-order valence-electron chi connectivity index (χ3n) is 8.63. The highest BCUT2D eigenvalue weighted by Crippen LogP contribution is 2.41. The van der Waals surface area contributed by atoms with Crippen LogP contribution in [0.1, 0.15) is 93.2 Å². The lowest BCUT2D eigenvalue weighted by Crippen LogP contribution is -2.25. The highest BCUT2D eigenvalue weighted by Gasteiger charge is 2.29. The summed E-state index contributed by atoms with van der Waals surface area (Å²) in [5.74, 6) is 3.72. The minimum absolute atomic E-state index is 0.0492. The highest BCUT2D eigenvalue weighted by molar-refractivity contribution is 5.46. The van der Waals surface area contributed by atoms with Gasteiger partial charge in [0, 0.05) is 0 Å². The average molecular weight is 719 g/mol. The van der Waals surface area contributed by atoms with E-state index in [1.165, 1.54) is 23.7 Å². The summed E-state index contributed by atoms with van der Waals surface area (Å²) in [6, 6.07) is 19.8. The Kier molecular flexibility index (Phi) is 14.3. The second-order valence-corrected chi connectivity index (χ2v) is 17.1. The van der Waals surface area contributed by atoms with Crippen LogP contribution < -0.4 is 28.4 Å². The molecular formula is C44H62O8. The lowest BCUT2D eigenvalue weighted by molar-refractivity contribution is 0.0268. The Bertz CT molecular complexity index is 1580. The lowest BCUT2D eigenvalue weighted by atomic mass is 9.72. The second kappa shape index (κ2) is 18.2. The second-order valence-electron chi connectivity index (χ2n) is 17.1. The first kappa shape index (κ1) is 40.9. The molecule has 0 saturated heterocycles. The van der Waals surface area contributed by atoms with Gasteiger partial charge in [-0.05, 0) is 82.0 Å². The number of fused-ring (bicyclic) bond motifs is 3. The van der Waals surface area contributed by atoms with Gasteiger partial charge in [-0.3, -0.25) is 0 Å². The number of hydrogen-bond acceptors (Lipinski definition) is 8. The van der Waals surface area contributed by atoms with Gasteiger partial charge in [-0.15, -0.1) is 0 Å². The fourth-order valence-electron chi connectivity index (χ4n) is 7.07. The Morgan fingerprint density at radius 3 is 1.23 bits per heavy atom. The first-order chi connectivity index (χ1) is 24.5. The van der Waals surface area contributed by atoms with E-state index < -0.39 is 0 Å². The highest BCUT2D eigenvalue weighted by atomic mass is 16.6. The van der Waals surface area contributed by atoms with Crippen molar-refractivity contribution in [1.29, 1.82) is 0 Å². The van der Waals surface area contributed by atoms with E-state index in [-0.39, 0.29) is 21.7 Å². The predicted octanol–water partition coefficient (Wildman–Crippen LogP) is 10.3. The zero-order chi connectivity index (χ0) is 37.8. The summed E-state index contributed by atoms with van der Waals surface area (Å²) in [5.41, 5.74) is 2.61. The van der Waals surface area contributed by atoms with E-state index in [4.69, 9.17) is 37.9 Å². The molecule has 8 nitrogen and oxygen atoms in total. The van der Waals surface area contributed by atoms with E-state index in [1.54, 1.807) is 0 Å². The number of rotatable bonds is 4. The van der Waals surface area contributed by atoms with Crippen molar-refractivity contribution in [1.82, 2.24) is 0 Å². The molecule has 286 valence electrons. The van der Waals surface area contributed by atoms with Crippen LogP contribution in [0.5, 0.6) is 34.5 Å². The third-order valence-corrected chi connectivity index (χ3v) is 8.63. The maximum Gasteiger partial charge on any atom is 0.168 e. The van der Waals surface area contributed by atoms with Crippen LogP contribution in [0.2, 0.25) is 0 Å². The van der Waals surface area contributed by atoms with Crippen molar-refractivity contribution >= 4 is 0 Å². The molecule has 1 heterocycles. The first-order valence-electron chi connectivity index (χ1n) is 18.6. The number of para-hydroxylation sites is 2. The molecule has 0 bridgehead atoms. The maximum atomic E-state index is 6.25. The van der Waals surface area contributed by atoms with Gasteiger partial charge in [0.15, 0.2) is 34.5 Å². The van der Waals surface area contributed by atoms with Crippen molar-refractivity contribution in [2.75, 3.05) is 52.9 Å². The molecular weight excluding hydrogens is 656 g/mol. The molecule has 0 atom stereocenters. The van der Waals surface area contributed by atoms with Gasteiger partial charge in [-0.25, -0.2) is 0 Å². The largest absolute Gasteiger partial charge is 0.487 e. The molecule has 3 aromatic carbocycles. The molecule has 0 spiro atoms. The Hall–Kier alpha value is -3.88. The van der Waals surface area contributed by atoms with Gasteiger partial charge in [0.25, 0.3) is 0 Å². The molecule has 52 heavy (non-hydrogen) atoms. The molecule has 0 N–H and O–H groups in total. The summed E-state index contributed by atoms with van der Waals surface area (Å²) in [5, 5.41) is 0. The smallest absolute Gasteiger partial charge is 0.168 e. The van der Waals surface area contributed by atoms with Gasteiger partial charge in [0.2, 0.25) is 0 Å². The molecule has 3 aromatic rings. The van der Waals surface area contributed by atoms with Crippen LogP contribution in [0.25, 0.3) is 0 Å². The molecule has 0 amide bonds. The summed E-state index contributed by atoms with van der Waals surface area (Å²) < 4.78 is 48.4. The lowest BCUT2D eigenvalue weighted by Gasteiger charge is -2.33. The Labute approximate surface area is 312 Å². The van der Waals surface area contributed by atoms with Crippen LogP contribution in [-0.2, 0) is 20.3 Å². The summed E-state index contributed by atoms with van der Waals surface area (Å²) in [6.45, 7) is 25.7. The van der Waals surface area contributed by atoms with E-state index in [1.807, 2.05) is 36.4 Å². The van der Waals surface area contributed by atoms with Crippen LogP contribution in [0.4, 0.5) is 0 Å². The third kappa shape index (κ3) is 13.3. The molecule has 1 aliphatic heterocycles. The fraction of sp³-hybridized carbons (Fsp3) is 0.545. The van der Waals surface area contributed by atoms with Crippen LogP contribution in [-0.4, -0.2) is 52.9 Å². The number of ether oxygens (including phenoxy) is 8. The molecule has 0 saturated carbocycles. The summed E-state index contributed by atoms with van der Waals surface area (Å²) in [4.78, 5) is 0. The van der Waals surface area contributed by atoms with Gasteiger partial charge >= 0.3 is 0 Å². The number of benzene rings is 3. The zero-order valence-corrected chi connectivity index (χ0v) is 33.3. The van der Waals surface area contributed by atoms with Gasteiger partial charge in [-0.1, -0.05) is 93.5 Å². The van der Waals surface area contributed by atoms with E-state index in [9.17, 15) is 0 Å². The van der Waals surface area contributed by atoms with Crippen molar-refractivity contribution in [3.8, 4) is 34.5 Å². The Morgan fingerprint density at radius 1 is 0.404 bits per heavy atom. The van der Waals surface area contributed by atoms with E-state index in [0.29, 0.717) is 87.4 Å². The first-order valence-corrected chi connectivity index (χ1v) is 18.6. The minimum Gasteiger partial charge on any atom is -0.487 e. The average Bonchev–Trinajstić information content (AvgIpc) is 3.04. The molecule has 0 radical (unpaired) electrons. The topological polar surface area (TPSA) is 73.8 Å². The van der Waals surface area contributed by atoms with Gasteiger partial charge < -0.3 is 37.9 Å².